The summed E-state index contributed by atoms with van der Waals surface area (Å²) in [5.41, 5.74) is 5.88. The van der Waals surface area contributed by atoms with Crippen LogP contribution in [0.15, 0.2) is 28.8 Å². The Hall–Kier alpha value is -2.37. The van der Waals surface area contributed by atoms with Gasteiger partial charge in [-0.1, -0.05) is 6.07 Å². The second-order valence-corrected chi connectivity index (χ2v) is 11.7. The second-order valence-electron chi connectivity index (χ2n) is 9.52. The fourth-order valence-electron chi connectivity index (χ4n) is 5.66. The van der Waals surface area contributed by atoms with Crippen molar-refractivity contribution in [3.63, 3.8) is 0 Å². The van der Waals surface area contributed by atoms with E-state index in [1.807, 2.05) is 17.5 Å². The van der Waals surface area contributed by atoms with Crippen LogP contribution in [-0.2, 0) is 25.6 Å². The van der Waals surface area contributed by atoms with Gasteiger partial charge in [-0.25, -0.2) is 0 Å². The van der Waals surface area contributed by atoms with E-state index in [9.17, 15) is 24.3 Å². The highest BCUT2D eigenvalue weighted by molar-refractivity contribution is 8.00. The molecule has 9 nitrogen and oxygen atoms in total. The molecule has 3 amide bonds. The van der Waals surface area contributed by atoms with Crippen LogP contribution < -0.4 is 16.2 Å². The lowest BCUT2D eigenvalue weighted by molar-refractivity contribution is -0.940. The van der Waals surface area contributed by atoms with Gasteiger partial charge in [0, 0.05) is 35.5 Å². The topological polar surface area (TPSA) is 133 Å². The quantitative estimate of drug-likeness (QED) is 0.379. The number of piperidine rings is 3. The number of fused-ring (bicyclic) bond motifs is 4. The number of thioether (sulfide) groups is 1. The van der Waals surface area contributed by atoms with Gasteiger partial charge in [0.2, 0.25) is 11.8 Å². The monoisotopic (exact) mass is 490 g/mol. The molecule has 0 saturated carbocycles. The van der Waals surface area contributed by atoms with Crippen LogP contribution >= 0.6 is 23.1 Å². The number of quaternary nitrogens is 1. The van der Waals surface area contributed by atoms with Crippen molar-refractivity contribution in [1.29, 1.82) is 0 Å². The lowest BCUT2D eigenvalue weighted by atomic mass is 9.70. The first-order valence-electron chi connectivity index (χ1n) is 11.1. The van der Waals surface area contributed by atoms with Crippen LogP contribution in [0.4, 0.5) is 0 Å². The van der Waals surface area contributed by atoms with Crippen molar-refractivity contribution >= 4 is 46.8 Å². The number of hydrogen-bond donors (Lipinski definition) is 2. The molecular weight excluding hydrogens is 464 g/mol. The number of rotatable bonds is 7. The van der Waals surface area contributed by atoms with Gasteiger partial charge in [0.1, 0.15) is 18.0 Å². The molecule has 1 aromatic heterocycles. The number of nitrogens with zero attached hydrogens (tertiary/aromatic N) is 2. The van der Waals surface area contributed by atoms with Crippen molar-refractivity contribution in [2.24, 2.45) is 11.1 Å². The van der Waals surface area contributed by atoms with Gasteiger partial charge in [-0.15, -0.1) is 23.1 Å². The van der Waals surface area contributed by atoms with Gasteiger partial charge in [-0.05, 0) is 11.4 Å². The maximum Gasteiger partial charge on any atom is 0.253 e. The molecule has 176 valence electrons. The number of carboxylic acids is 1. The van der Waals surface area contributed by atoms with Crippen LogP contribution in [0.3, 0.4) is 0 Å². The molecule has 5 aliphatic rings. The Labute approximate surface area is 199 Å². The molecule has 4 fully saturated rings. The van der Waals surface area contributed by atoms with Crippen LogP contribution in [0.1, 0.15) is 24.1 Å². The first kappa shape index (κ1) is 22.4. The molecule has 5 aliphatic heterocycles. The van der Waals surface area contributed by atoms with Crippen LogP contribution in [0.25, 0.3) is 0 Å². The van der Waals surface area contributed by atoms with Crippen molar-refractivity contribution in [2.75, 3.05) is 31.9 Å². The molecule has 0 spiro atoms. The Kier molecular flexibility index (Phi) is 5.53. The predicted molar refractivity (Wildman–Crippen MR) is 120 cm³/mol. The van der Waals surface area contributed by atoms with E-state index in [0.717, 1.165) is 29.0 Å². The first-order chi connectivity index (χ1) is 15.7. The predicted octanol–water partition coefficient (Wildman–Crippen LogP) is -0.819. The van der Waals surface area contributed by atoms with Crippen molar-refractivity contribution < 1.29 is 28.8 Å². The van der Waals surface area contributed by atoms with E-state index < -0.39 is 28.7 Å². The normalized spacial score (nSPS) is 32.8. The van der Waals surface area contributed by atoms with Crippen LogP contribution in [0, 0.1) is 5.41 Å². The van der Waals surface area contributed by atoms with Gasteiger partial charge in [0.05, 0.1) is 43.1 Å². The number of hydrogen-bond acceptors (Lipinski definition) is 7. The molecule has 0 radical (unpaired) electrons. The minimum atomic E-state index is -1.36. The van der Waals surface area contributed by atoms with Gasteiger partial charge < -0.3 is 25.4 Å². The van der Waals surface area contributed by atoms with E-state index in [-0.39, 0.29) is 23.9 Å². The summed E-state index contributed by atoms with van der Waals surface area (Å²) in [4.78, 5) is 51.5. The maximum atomic E-state index is 12.9. The first-order valence-corrected chi connectivity index (χ1v) is 13.0. The summed E-state index contributed by atoms with van der Waals surface area (Å²) in [5, 5.41) is 16.3. The highest BCUT2D eigenvalue weighted by atomic mass is 32.2. The van der Waals surface area contributed by atoms with Crippen molar-refractivity contribution in [2.45, 2.75) is 37.1 Å². The Balaban J connectivity index is 1.29. The molecule has 2 atom stereocenters. The molecule has 6 heterocycles. The number of carbonyl (C=O) groups excluding carboxylic acids is 4. The Morgan fingerprint density at radius 3 is 2.52 bits per heavy atom. The third-order valence-corrected chi connectivity index (χ3v) is 9.93. The second kappa shape index (κ2) is 8.14. The molecule has 11 heteroatoms. The van der Waals surface area contributed by atoms with E-state index in [0.29, 0.717) is 37.1 Å². The molecule has 33 heavy (non-hydrogen) atoms. The van der Waals surface area contributed by atoms with Crippen molar-refractivity contribution in [3.8, 4) is 0 Å². The minimum Gasteiger partial charge on any atom is -0.543 e. The largest absolute Gasteiger partial charge is 0.543 e. The zero-order chi connectivity index (χ0) is 23.4. The number of primary amides is 1. The Morgan fingerprint density at radius 2 is 1.94 bits per heavy atom. The lowest BCUT2D eigenvalue weighted by Crippen LogP contribution is -2.72. The summed E-state index contributed by atoms with van der Waals surface area (Å²) in [6, 6.07) is 3.00. The number of nitrogens with one attached hydrogen (secondary N) is 1. The number of carboxylic acid groups (broad SMARTS) is 1. The fourth-order valence-corrected chi connectivity index (χ4v) is 7.70. The van der Waals surface area contributed by atoms with Gasteiger partial charge in [0.15, 0.2) is 0 Å². The van der Waals surface area contributed by atoms with Crippen LogP contribution in [-0.4, -0.2) is 76.4 Å². The molecule has 0 aliphatic carbocycles. The summed E-state index contributed by atoms with van der Waals surface area (Å²) < 4.78 is 0.718. The number of thiophene rings is 1. The number of β-lactam (4-membered cyclic amide) rings is 1. The van der Waals surface area contributed by atoms with Gasteiger partial charge in [-0.2, -0.15) is 0 Å². The van der Waals surface area contributed by atoms with Crippen molar-refractivity contribution in [3.05, 3.63) is 33.7 Å². The van der Waals surface area contributed by atoms with E-state index >= 15 is 0 Å². The molecule has 6 rings (SSSR count). The summed E-state index contributed by atoms with van der Waals surface area (Å²) in [6.45, 7) is 2.85. The summed E-state index contributed by atoms with van der Waals surface area (Å²) in [6.07, 6.45) is 2.34. The van der Waals surface area contributed by atoms with Gasteiger partial charge >= 0.3 is 0 Å². The highest BCUT2D eigenvalue weighted by Crippen LogP contribution is 2.46. The number of amides is 3. The third kappa shape index (κ3) is 3.75. The standard InChI is InChI=1S/C22H26N4O5S2/c23-21(31)22-3-6-26(7-4-22,8-5-22)11-13-12-33-19-16(18(28)25(19)17(13)20(29)30)24-15(27)10-14-2-1-9-32-14/h1-2,9,16,19H,3-8,10-12H2,(H3-,23,24,27,29,30,31)/t16-,19-,22?,26?/m1/s1. The van der Waals surface area contributed by atoms with E-state index in [1.54, 1.807) is 0 Å². The molecular formula is C22H26N4O5S2. The smallest absolute Gasteiger partial charge is 0.253 e. The third-order valence-electron chi connectivity index (χ3n) is 7.72. The van der Waals surface area contributed by atoms with Gasteiger partial charge in [-0.3, -0.25) is 19.3 Å². The molecule has 0 aromatic carbocycles. The minimum absolute atomic E-state index is 0.0442. The number of carbonyl (C=O) groups is 4. The zero-order valence-electron chi connectivity index (χ0n) is 18.1. The number of nitrogens with two attached hydrogens (primary N) is 1. The molecule has 4 saturated heterocycles. The SMILES string of the molecule is NC(=O)C12CC[N+](CC3=C(C(=O)[O-])N4C(=O)[C@@H](NC(=O)Cc5cccs5)[C@H]4SC3)(CC1)CC2. The van der Waals surface area contributed by atoms with Crippen LogP contribution in [0.5, 0.6) is 0 Å². The average molecular weight is 491 g/mol. The number of aliphatic carboxylic acids is 1. The summed E-state index contributed by atoms with van der Waals surface area (Å²) in [7, 11) is 0. The highest BCUT2D eigenvalue weighted by Gasteiger charge is 2.55. The van der Waals surface area contributed by atoms with E-state index in [2.05, 4.69) is 5.32 Å². The zero-order valence-corrected chi connectivity index (χ0v) is 19.7. The molecule has 0 unspecified atom stereocenters. The average Bonchev–Trinajstić information content (AvgIpc) is 3.31. The fraction of sp³-hybridized carbons (Fsp3) is 0.545. The Morgan fingerprint density at radius 1 is 1.24 bits per heavy atom. The summed E-state index contributed by atoms with van der Waals surface area (Å²) in [5.74, 6) is -1.78. The maximum absolute atomic E-state index is 12.9. The van der Waals surface area contributed by atoms with Gasteiger partial charge in [0.25, 0.3) is 5.91 Å². The van der Waals surface area contributed by atoms with Crippen molar-refractivity contribution in [1.82, 2.24) is 10.2 Å². The van der Waals surface area contributed by atoms with E-state index in [1.165, 1.54) is 28.0 Å². The molecule has 1 aromatic rings. The Bertz CT molecular complexity index is 1030. The summed E-state index contributed by atoms with van der Waals surface area (Å²) >= 11 is 2.95. The van der Waals surface area contributed by atoms with E-state index in [4.69, 9.17) is 5.73 Å². The molecule has 3 N–H and O–H groups in total. The van der Waals surface area contributed by atoms with Crippen LogP contribution in [0.2, 0.25) is 0 Å². The lowest BCUT2D eigenvalue weighted by Gasteiger charge is -2.55. The molecule has 2 bridgehead atoms.